The zero-order chi connectivity index (χ0) is 20.9. The van der Waals surface area contributed by atoms with E-state index in [1.165, 1.54) is 25.5 Å². The third-order valence-corrected chi connectivity index (χ3v) is 5.17. The maximum Gasteiger partial charge on any atom is 0.305 e. The summed E-state index contributed by atoms with van der Waals surface area (Å²) in [5.41, 5.74) is 1.19. The SMILES string of the molecule is CCNC(=NCC(c1ccccc1OC)N1CCCC1)NCCCCC(=O)OC.I. The smallest absolute Gasteiger partial charge is 0.305 e. The van der Waals surface area contributed by atoms with Gasteiger partial charge in [-0.2, -0.15) is 0 Å². The third-order valence-electron chi connectivity index (χ3n) is 5.17. The summed E-state index contributed by atoms with van der Waals surface area (Å²) < 4.78 is 10.3. The molecule has 1 atom stereocenters. The molecule has 30 heavy (non-hydrogen) atoms. The van der Waals surface area contributed by atoms with E-state index in [1.807, 2.05) is 12.1 Å². The molecule has 0 bridgehead atoms. The van der Waals surface area contributed by atoms with E-state index in [0.29, 0.717) is 13.0 Å². The predicted molar refractivity (Wildman–Crippen MR) is 132 cm³/mol. The minimum atomic E-state index is -0.157. The average molecular weight is 532 g/mol. The van der Waals surface area contributed by atoms with Crippen LogP contribution in [0.1, 0.15) is 50.6 Å². The first-order valence-electron chi connectivity index (χ1n) is 10.7. The van der Waals surface area contributed by atoms with Crippen LogP contribution >= 0.6 is 24.0 Å². The summed E-state index contributed by atoms with van der Waals surface area (Å²) in [5.74, 6) is 1.57. The number of benzene rings is 1. The maximum absolute atomic E-state index is 11.2. The molecular formula is C22H37IN4O3. The second-order valence-corrected chi connectivity index (χ2v) is 7.18. The number of para-hydroxylation sites is 1. The fourth-order valence-corrected chi connectivity index (χ4v) is 3.63. The molecule has 0 saturated carbocycles. The van der Waals surface area contributed by atoms with Gasteiger partial charge < -0.3 is 20.1 Å². The van der Waals surface area contributed by atoms with Crippen LogP contribution in [0.25, 0.3) is 0 Å². The first-order chi connectivity index (χ1) is 14.2. The number of hydrogen-bond acceptors (Lipinski definition) is 5. The van der Waals surface area contributed by atoms with E-state index in [9.17, 15) is 4.79 Å². The van der Waals surface area contributed by atoms with Gasteiger partial charge >= 0.3 is 5.97 Å². The number of halogens is 1. The van der Waals surface area contributed by atoms with E-state index >= 15 is 0 Å². The van der Waals surface area contributed by atoms with Crippen molar-refractivity contribution in [3.05, 3.63) is 29.8 Å². The van der Waals surface area contributed by atoms with Crippen molar-refractivity contribution in [1.29, 1.82) is 0 Å². The van der Waals surface area contributed by atoms with E-state index in [0.717, 1.165) is 50.7 Å². The molecule has 1 heterocycles. The molecule has 1 saturated heterocycles. The topological polar surface area (TPSA) is 75.2 Å². The van der Waals surface area contributed by atoms with Crippen LogP contribution in [-0.2, 0) is 9.53 Å². The number of hydrogen-bond donors (Lipinski definition) is 2. The summed E-state index contributed by atoms with van der Waals surface area (Å²) in [6, 6.07) is 8.43. The Morgan fingerprint density at radius 3 is 2.57 bits per heavy atom. The van der Waals surface area contributed by atoms with Crippen LogP contribution < -0.4 is 15.4 Å². The molecule has 0 aromatic heterocycles. The van der Waals surface area contributed by atoms with Gasteiger partial charge in [-0.05, 0) is 51.8 Å². The molecule has 8 heteroatoms. The molecule has 2 rings (SSSR count). The molecule has 0 aliphatic carbocycles. The van der Waals surface area contributed by atoms with Gasteiger partial charge in [-0.1, -0.05) is 18.2 Å². The number of carbonyl (C=O) groups excluding carboxylic acids is 1. The summed E-state index contributed by atoms with van der Waals surface area (Å²) in [4.78, 5) is 18.6. The van der Waals surface area contributed by atoms with E-state index in [-0.39, 0.29) is 36.0 Å². The van der Waals surface area contributed by atoms with Crippen molar-refractivity contribution in [3.8, 4) is 5.75 Å². The molecule has 1 unspecified atom stereocenters. The van der Waals surface area contributed by atoms with Crippen LogP contribution in [-0.4, -0.2) is 63.8 Å². The van der Waals surface area contributed by atoms with E-state index in [1.54, 1.807) is 7.11 Å². The fraction of sp³-hybridized carbons (Fsp3) is 0.636. The number of aliphatic imine (C=N–C) groups is 1. The Balaban J connectivity index is 0.00000450. The first kappa shape index (κ1) is 26.5. The van der Waals surface area contributed by atoms with Crippen LogP contribution in [0.3, 0.4) is 0 Å². The molecule has 0 amide bonds. The van der Waals surface area contributed by atoms with Gasteiger partial charge in [0.1, 0.15) is 5.75 Å². The van der Waals surface area contributed by atoms with Crippen LogP contribution in [0, 0.1) is 0 Å². The summed E-state index contributed by atoms with van der Waals surface area (Å²) in [5, 5.41) is 6.69. The molecule has 0 spiro atoms. The standard InChI is InChI=1S/C22H36N4O3.HI/c1-4-23-22(24-14-8-7-13-21(27)29-3)25-17-19(26-15-9-10-16-26)18-11-5-6-12-20(18)28-2;/h5-6,11-12,19H,4,7-10,13-17H2,1-3H3,(H2,23,24,25);1H. The Morgan fingerprint density at radius 2 is 1.90 bits per heavy atom. The lowest BCUT2D eigenvalue weighted by Gasteiger charge is -2.28. The van der Waals surface area contributed by atoms with Gasteiger partial charge in [0.15, 0.2) is 5.96 Å². The number of nitrogens with zero attached hydrogens (tertiary/aromatic N) is 2. The average Bonchev–Trinajstić information content (AvgIpc) is 3.28. The number of rotatable bonds is 11. The Labute approximate surface area is 198 Å². The van der Waals surface area contributed by atoms with Crippen molar-refractivity contribution in [1.82, 2.24) is 15.5 Å². The van der Waals surface area contributed by atoms with Gasteiger partial charge in [0.05, 0.1) is 26.8 Å². The van der Waals surface area contributed by atoms with E-state index in [4.69, 9.17) is 9.73 Å². The van der Waals surface area contributed by atoms with Crippen LogP contribution in [0.2, 0.25) is 0 Å². The molecular weight excluding hydrogens is 495 g/mol. The Bertz CT molecular complexity index is 651. The lowest BCUT2D eigenvalue weighted by molar-refractivity contribution is -0.140. The van der Waals surface area contributed by atoms with Gasteiger partial charge in [0, 0.05) is 25.1 Å². The molecule has 1 aromatic rings. The van der Waals surface area contributed by atoms with Gasteiger partial charge in [-0.25, -0.2) is 0 Å². The summed E-state index contributed by atoms with van der Waals surface area (Å²) in [7, 11) is 3.15. The van der Waals surface area contributed by atoms with Crippen molar-refractivity contribution in [3.63, 3.8) is 0 Å². The van der Waals surface area contributed by atoms with Crippen LogP contribution in [0.5, 0.6) is 5.75 Å². The molecule has 1 aliphatic heterocycles. The summed E-state index contributed by atoms with van der Waals surface area (Å²) in [6.07, 6.45) is 4.61. The largest absolute Gasteiger partial charge is 0.496 e. The fourth-order valence-electron chi connectivity index (χ4n) is 3.63. The second kappa shape index (κ2) is 15.3. The van der Waals surface area contributed by atoms with Gasteiger partial charge in [-0.15, -0.1) is 24.0 Å². The summed E-state index contributed by atoms with van der Waals surface area (Å²) in [6.45, 7) is 6.48. The highest BCUT2D eigenvalue weighted by atomic mass is 127. The summed E-state index contributed by atoms with van der Waals surface area (Å²) >= 11 is 0. The highest BCUT2D eigenvalue weighted by molar-refractivity contribution is 14.0. The molecule has 2 N–H and O–H groups in total. The Hall–Kier alpha value is -1.55. The molecule has 7 nitrogen and oxygen atoms in total. The van der Waals surface area contributed by atoms with Gasteiger partial charge in [0.25, 0.3) is 0 Å². The van der Waals surface area contributed by atoms with Gasteiger partial charge in [0.2, 0.25) is 0 Å². The quantitative estimate of drug-likeness (QED) is 0.150. The molecule has 170 valence electrons. The van der Waals surface area contributed by atoms with Gasteiger partial charge in [-0.3, -0.25) is 14.7 Å². The lowest BCUT2D eigenvalue weighted by Crippen LogP contribution is -2.39. The maximum atomic E-state index is 11.2. The highest BCUT2D eigenvalue weighted by Crippen LogP contribution is 2.31. The molecule has 1 fully saturated rings. The third kappa shape index (κ3) is 8.67. The minimum absolute atomic E-state index is 0. The van der Waals surface area contributed by atoms with Crippen molar-refractivity contribution in [2.75, 3.05) is 46.9 Å². The monoisotopic (exact) mass is 532 g/mol. The van der Waals surface area contributed by atoms with Crippen molar-refractivity contribution >= 4 is 35.9 Å². The van der Waals surface area contributed by atoms with Crippen molar-refractivity contribution in [2.45, 2.75) is 45.1 Å². The van der Waals surface area contributed by atoms with E-state index in [2.05, 4.69) is 39.3 Å². The lowest BCUT2D eigenvalue weighted by atomic mass is 10.0. The number of carbonyl (C=O) groups is 1. The zero-order valence-electron chi connectivity index (χ0n) is 18.5. The Kier molecular flexibility index (Phi) is 13.5. The Morgan fingerprint density at radius 1 is 1.17 bits per heavy atom. The van der Waals surface area contributed by atoms with Crippen LogP contribution in [0.4, 0.5) is 0 Å². The second-order valence-electron chi connectivity index (χ2n) is 7.18. The van der Waals surface area contributed by atoms with Crippen LogP contribution in [0.15, 0.2) is 29.3 Å². The number of unbranched alkanes of at least 4 members (excludes halogenated alkanes) is 1. The molecule has 0 radical (unpaired) electrons. The first-order valence-corrected chi connectivity index (χ1v) is 10.7. The number of nitrogens with one attached hydrogen (secondary N) is 2. The zero-order valence-corrected chi connectivity index (χ0v) is 20.8. The van der Waals surface area contributed by atoms with E-state index < -0.39 is 0 Å². The molecule has 1 aromatic carbocycles. The number of esters is 1. The number of methoxy groups -OCH3 is 2. The number of ether oxygens (including phenoxy) is 2. The van der Waals surface area contributed by atoms with Crippen molar-refractivity contribution in [2.24, 2.45) is 4.99 Å². The predicted octanol–water partition coefficient (Wildman–Crippen LogP) is 3.35. The van der Waals surface area contributed by atoms with Crippen molar-refractivity contribution < 1.29 is 14.3 Å². The minimum Gasteiger partial charge on any atom is -0.496 e. The molecule has 1 aliphatic rings. The normalized spacial score (nSPS) is 15.2. The number of guanidine groups is 1. The highest BCUT2D eigenvalue weighted by Gasteiger charge is 2.25. The number of likely N-dealkylation sites (tertiary alicyclic amines) is 1.